The van der Waals surface area contributed by atoms with Crippen molar-refractivity contribution >= 4 is 9.84 Å². The Balaban J connectivity index is 4.64. The molecule has 0 aliphatic carbocycles. The average molecular weight is 192 g/mol. The third kappa shape index (κ3) is 2.62. The molecule has 0 atom stereocenters. The van der Waals surface area contributed by atoms with E-state index in [1.54, 1.807) is 0 Å². The molecule has 0 rings (SSSR count). The van der Waals surface area contributed by atoms with Crippen molar-refractivity contribution in [1.82, 2.24) is 0 Å². The maximum atomic E-state index is 11.3. The molecule has 0 amide bonds. The molecule has 0 spiro atoms. The summed E-state index contributed by atoms with van der Waals surface area (Å²) in [7, 11) is -5.72. The molecule has 66 valence electrons. The SMILES string of the molecule is O=[N+]([O-])[CH-]S(=O)(=O)C(F)(F)F. The Bertz CT molecular complexity index is 253. The van der Waals surface area contributed by atoms with Crippen molar-refractivity contribution in [2.24, 2.45) is 0 Å². The fourth-order valence-corrected chi connectivity index (χ4v) is 0.519. The summed E-state index contributed by atoms with van der Waals surface area (Å²) >= 11 is 0. The predicted molar refractivity (Wildman–Crippen MR) is 26.3 cm³/mol. The largest absolute Gasteiger partial charge is 0.476 e. The zero-order chi connectivity index (χ0) is 9.28. The minimum absolute atomic E-state index is 0.993. The minimum Gasteiger partial charge on any atom is -0.294 e. The molecule has 0 aromatic heterocycles. The second-order valence-electron chi connectivity index (χ2n) is 1.38. The summed E-state index contributed by atoms with van der Waals surface area (Å²) in [6.45, 7) is 0. The van der Waals surface area contributed by atoms with Crippen LogP contribution in [0.3, 0.4) is 0 Å². The number of hydrogen-bond donors (Lipinski definition) is 0. The lowest BCUT2D eigenvalue weighted by molar-refractivity contribution is -0.421. The lowest BCUT2D eigenvalue weighted by atomic mass is 11.5. The van der Waals surface area contributed by atoms with Crippen LogP contribution in [-0.2, 0) is 9.84 Å². The van der Waals surface area contributed by atoms with E-state index < -0.39 is 26.1 Å². The summed E-state index contributed by atoms with van der Waals surface area (Å²) in [5.41, 5.74) is -5.60. The first-order chi connectivity index (χ1) is 4.67. The molecule has 11 heavy (non-hydrogen) atoms. The third-order valence-corrected chi connectivity index (χ3v) is 1.64. The number of sulfone groups is 1. The van der Waals surface area contributed by atoms with Crippen molar-refractivity contribution in [2.45, 2.75) is 5.51 Å². The number of nitro groups is 1. The molecule has 0 heterocycles. The van der Waals surface area contributed by atoms with E-state index in [1.165, 1.54) is 0 Å². The van der Waals surface area contributed by atoms with E-state index in [4.69, 9.17) is 0 Å². The van der Waals surface area contributed by atoms with Crippen molar-refractivity contribution < 1.29 is 26.5 Å². The van der Waals surface area contributed by atoms with Crippen molar-refractivity contribution in [2.75, 3.05) is 0 Å². The molecule has 0 aromatic carbocycles. The second kappa shape index (κ2) is 2.57. The van der Waals surface area contributed by atoms with E-state index in [2.05, 4.69) is 0 Å². The molecule has 0 saturated heterocycles. The second-order valence-corrected chi connectivity index (χ2v) is 3.15. The molecular formula is C2HF3NO4S-. The van der Waals surface area contributed by atoms with Gasteiger partial charge in [0.15, 0.2) is 9.84 Å². The van der Waals surface area contributed by atoms with Crippen LogP contribution in [0.2, 0.25) is 0 Å². The van der Waals surface area contributed by atoms with Crippen molar-refractivity contribution in [3.05, 3.63) is 16.0 Å². The molecule has 5 nitrogen and oxygen atoms in total. The van der Waals surface area contributed by atoms with Gasteiger partial charge in [-0.3, -0.25) is 10.1 Å². The highest BCUT2D eigenvalue weighted by Crippen LogP contribution is 2.25. The van der Waals surface area contributed by atoms with Crippen LogP contribution in [-0.4, -0.2) is 18.8 Å². The van der Waals surface area contributed by atoms with Crippen LogP contribution >= 0.6 is 0 Å². The highest BCUT2D eigenvalue weighted by molar-refractivity contribution is 7.93. The van der Waals surface area contributed by atoms with Gasteiger partial charge in [0.1, 0.15) is 0 Å². The van der Waals surface area contributed by atoms with E-state index in [0.29, 0.717) is 0 Å². The van der Waals surface area contributed by atoms with E-state index >= 15 is 0 Å². The number of nitrogens with zero attached hydrogens (tertiary/aromatic N) is 1. The van der Waals surface area contributed by atoms with E-state index in [9.17, 15) is 31.7 Å². The lowest BCUT2D eigenvalue weighted by Crippen LogP contribution is -2.25. The van der Waals surface area contributed by atoms with Gasteiger partial charge in [0.2, 0.25) is 0 Å². The minimum atomic E-state index is -5.72. The standard InChI is InChI=1S/C2HF3NO4S/c3-2(4,5)11(9,10)1-6(7)8/h1H/q-1. The summed E-state index contributed by atoms with van der Waals surface area (Å²) in [5, 5.41) is 9.33. The van der Waals surface area contributed by atoms with Gasteiger partial charge in [-0.1, -0.05) is 4.92 Å². The van der Waals surface area contributed by atoms with Gasteiger partial charge in [-0.2, -0.15) is 13.2 Å². The Hall–Kier alpha value is -0.990. The van der Waals surface area contributed by atoms with Crippen molar-refractivity contribution in [3.8, 4) is 0 Å². The first-order valence-corrected chi connectivity index (χ1v) is 3.51. The van der Waals surface area contributed by atoms with Crippen molar-refractivity contribution in [3.63, 3.8) is 0 Å². The van der Waals surface area contributed by atoms with Crippen LogP contribution in [0.5, 0.6) is 0 Å². The van der Waals surface area contributed by atoms with Crippen LogP contribution in [0.1, 0.15) is 0 Å². The summed E-state index contributed by atoms with van der Waals surface area (Å²) < 4.78 is 53.5. The van der Waals surface area contributed by atoms with Crippen LogP contribution < -0.4 is 0 Å². The Morgan fingerprint density at radius 1 is 1.36 bits per heavy atom. The molecule has 0 aliphatic rings. The first-order valence-electron chi connectivity index (χ1n) is 1.96. The molecule has 0 radical (unpaired) electrons. The van der Waals surface area contributed by atoms with Gasteiger partial charge < -0.3 is 0 Å². The number of rotatable bonds is 2. The summed E-state index contributed by atoms with van der Waals surface area (Å²) in [6.07, 6.45) is 0. The van der Waals surface area contributed by atoms with Gasteiger partial charge in [0.05, 0.1) is 5.88 Å². The lowest BCUT2D eigenvalue weighted by Gasteiger charge is -2.09. The summed E-state index contributed by atoms with van der Waals surface area (Å²) in [6, 6.07) is 0. The van der Waals surface area contributed by atoms with Gasteiger partial charge >= 0.3 is 5.51 Å². The third-order valence-electron chi connectivity index (χ3n) is 0.547. The molecule has 0 unspecified atom stereocenters. The van der Waals surface area contributed by atoms with Gasteiger partial charge in [-0.25, -0.2) is 8.42 Å². The maximum absolute atomic E-state index is 11.3. The van der Waals surface area contributed by atoms with Gasteiger partial charge in [0.25, 0.3) is 0 Å². The van der Waals surface area contributed by atoms with Gasteiger partial charge in [-0.05, 0) is 0 Å². The topological polar surface area (TPSA) is 77.3 Å². The molecule has 0 aromatic rings. The van der Waals surface area contributed by atoms with Crippen LogP contribution in [0, 0.1) is 16.0 Å². The number of alkyl halides is 3. The maximum Gasteiger partial charge on any atom is 0.476 e. The van der Waals surface area contributed by atoms with Crippen LogP contribution in [0.15, 0.2) is 0 Å². The van der Waals surface area contributed by atoms with Gasteiger partial charge in [0, 0.05) is 0 Å². The molecule has 0 fully saturated rings. The highest BCUT2D eigenvalue weighted by atomic mass is 32.2. The zero-order valence-electron chi connectivity index (χ0n) is 4.70. The smallest absolute Gasteiger partial charge is 0.294 e. The molecule has 0 bridgehead atoms. The fraction of sp³-hybridized carbons (Fsp3) is 0.500. The summed E-state index contributed by atoms with van der Waals surface area (Å²) in [4.78, 5) is 7.65. The number of hydrogen-bond acceptors (Lipinski definition) is 4. The van der Waals surface area contributed by atoms with E-state index in [-0.39, 0.29) is 0 Å². The average Bonchev–Trinajstić information content (AvgIpc) is 1.56. The zero-order valence-corrected chi connectivity index (χ0v) is 5.52. The highest BCUT2D eigenvalue weighted by Gasteiger charge is 2.42. The Kier molecular flexibility index (Phi) is 2.33. The first kappa shape index (κ1) is 10.0. The van der Waals surface area contributed by atoms with Crippen LogP contribution in [0.4, 0.5) is 13.2 Å². The predicted octanol–water partition coefficient (Wildman–Crippen LogP) is 0.317. The monoisotopic (exact) mass is 192 g/mol. The molecular weight excluding hydrogens is 191 g/mol. The van der Waals surface area contributed by atoms with Crippen molar-refractivity contribution in [1.29, 1.82) is 0 Å². The van der Waals surface area contributed by atoms with E-state index in [1.807, 2.05) is 0 Å². The summed E-state index contributed by atoms with van der Waals surface area (Å²) in [5.74, 6) is -0.993. The van der Waals surface area contributed by atoms with E-state index in [0.717, 1.165) is 0 Å². The molecule has 0 N–H and O–H groups in total. The fourth-order valence-electron chi connectivity index (χ4n) is 0.173. The molecule has 0 aliphatic heterocycles. The molecule has 0 saturated carbocycles. The number of halogens is 3. The molecule has 9 heteroatoms. The van der Waals surface area contributed by atoms with Gasteiger partial charge in [-0.15, -0.1) is 0 Å². The Morgan fingerprint density at radius 3 is 1.82 bits per heavy atom. The quantitative estimate of drug-likeness (QED) is 0.358. The Labute approximate surface area is 58.9 Å². The normalized spacial score (nSPS) is 12.6. The Morgan fingerprint density at radius 2 is 1.73 bits per heavy atom. The van der Waals surface area contributed by atoms with Crippen LogP contribution in [0.25, 0.3) is 0 Å².